The Morgan fingerprint density at radius 1 is 0.867 bits per heavy atom. The zero-order valence-corrected chi connectivity index (χ0v) is 16.5. The molecule has 2 aromatic carbocycles. The number of hydrogen-bond donors (Lipinski definition) is 0. The van der Waals surface area contributed by atoms with Crippen LogP contribution in [0.15, 0.2) is 48.5 Å². The first kappa shape index (κ1) is 20.4. The van der Waals surface area contributed by atoms with Gasteiger partial charge >= 0.3 is 6.09 Å². The summed E-state index contributed by atoms with van der Waals surface area (Å²) in [5.41, 5.74) is 1.85. The fraction of sp³-hybridized carbons (Fsp3) is 0.364. The molecule has 4 rings (SSSR count). The van der Waals surface area contributed by atoms with E-state index in [4.69, 9.17) is 4.74 Å². The van der Waals surface area contributed by atoms with Gasteiger partial charge in [-0.1, -0.05) is 24.3 Å². The van der Waals surface area contributed by atoms with E-state index in [-0.39, 0.29) is 36.7 Å². The molecule has 2 fully saturated rings. The van der Waals surface area contributed by atoms with Crippen LogP contribution < -0.4 is 0 Å². The highest BCUT2D eigenvalue weighted by atomic mass is 19.1. The average Bonchev–Trinajstić information content (AvgIpc) is 3.18. The molecule has 0 bridgehead atoms. The second kappa shape index (κ2) is 8.89. The van der Waals surface area contributed by atoms with Crippen LogP contribution >= 0.6 is 0 Å². The largest absolute Gasteiger partial charge is 0.447 e. The number of hydrogen-bond acceptors (Lipinski definition) is 5. The number of benzene rings is 2. The molecule has 0 spiro atoms. The van der Waals surface area contributed by atoms with E-state index in [2.05, 4.69) is 4.90 Å². The Morgan fingerprint density at radius 2 is 1.40 bits per heavy atom. The predicted molar refractivity (Wildman–Crippen MR) is 106 cm³/mol. The molecule has 2 aliphatic heterocycles. The zero-order valence-electron chi connectivity index (χ0n) is 16.5. The highest BCUT2D eigenvalue weighted by molar-refractivity contribution is 5.94. The van der Waals surface area contributed by atoms with Crippen LogP contribution in [0.3, 0.4) is 0 Å². The standard InChI is InChI=1S/C22H23F2N3O3/c23-18-5-1-16(2-6-18)21(17-3-7-19(24)8-4-17)26-11-9-25(10-12-26)15-20(28)27-13-14-30-22(27)29/h1-8,21H,9-15H2. The van der Waals surface area contributed by atoms with Gasteiger partial charge < -0.3 is 4.74 Å². The van der Waals surface area contributed by atoms with E-state index in [1.165, 1.54) is 24.3 Å². The first-order valence-corrected chi connectivity index (χ1v) is 9.96. The molecule has 0 aliphatic carbocycles. The Bertz CT molecular complexity index is 851. The third-order valence-electron chi connectivity index (χ3n) is 5.56. The second-order valence-electron chi connectivity index (χ2n) is 7.48. The predicted octanol–water partition coefficient (Wildman–Crippen LogP) is 2.65. The normalized spacial score (nSPS) is 18.1. The lowest BCUT2D eigenvalue weighted by Gasteiger charge is -2.39. The van der Waals surface area contributed by atoms with Crippen LogP contribution in [-0.2, 0) is 9.53 Å². The third-order valence-corrected chi connectivity index (χ3v) is 5.56. The molecule has 0 aromatic heterocycles. The van der Waals surface area contributed by atoms with Gasteiger partial charge in [-0.05, 0) is 35.4 Å². The molecule has 6 nitrogen and oxygen atoms in total. The van der Waals surface area contributed by atoms with E-state index in [0.29, 0.717) is 32.7 Å². The van der Waals surface area contributed by atoms with Crippen molar-refractivity contribution in [1.29, 1.82) is 0 Å². The summed E-state index contributed by atoms with van der Waals surface area (Å²) in [4.78, 5) is 29.3. The van der Waals surface area contributed by atoms with Crippen molar-refractivity contribution in [2.45, 2.75) is 6.04 Å². The number of halogens is 2. The number of nitrogens with zero attached hydrogens (tertiary/aromatic N) is 3. The lowest BCUT2D eigenvalue weighted by molar-refractivity contribution is -0.129. The summed E-state index contributed by atoms with van der Waals surface area (Å²) in [7, 11) is 0. The molecule has 2 amide bonds. The molecule has 8 heteroatoms. The van der Waals surface area contributed by atoms with Crippen molar-refractivity contribution in [3.05, 3.63) is 71.3 Å². The molecule has 0 atom stereocenters. The Morgan fingerprint density at radius 3 is 1.87 bits per heavy atom. The number of amides is 2. The quantitative estimate of drug-likeness (QED) is 0.752. The second-order valence-corrected chi connectivity index (χ2v) is 7.48. The highest BCUT2D eigenvalue weighted by Gasteiger charge is 2.31. The van der Waals surface area contributed by atoms with Gasteiger partial charge in [0.05, 0.1) is 19.1 Å². The Kier molecular flexibility index (Phi) is 6.06. The smallest absolute Gasteiger partial charge is 0.416 e. The summed E-state index contributed by atoms with van der Waals surface area (Å²) in [6.07, 6.45) is -0.577. The molecule has 0 radical (unpaired) electrons. The van der Waals surface area contributed by atoms with Gasteiger partial charge in [-0.25, -0.2) is 18.5 Å². The Balaban J connectivity index is 1.45. The summed E-state index contributed by atoms with van der Waals surface area (Å²) in [6.45, 7) is 3.36. The molecule has 2 heterocycles. The molecule has 2 saturated heterocycles. The number of piperazine rings is 1. The Labute approximate surface area is 173 Å². The number of cyclic esters (lactones) is 1. The van der Waals surface area contributed by atoms with Crippen LogP contribution in [0.5, 0.6) is 0 Å². The minimum Gasteiger partial charge on any atom is -0.447 e. The first-order valence-electron chi connectivity index (χ1n) is 9.96. The summed E-state index contributed by atoms with van der Waals surface area (Å²) in [6, 6.07) is 12.6. The maximum Gasteiger partial charge on any atom is 0.416 e. The minimum atomic E-state index is -0.577. The lowest BCUT2D eigenvalue weighted by atomic mass is 9.96. The molecule has 0 unspecified atom stereocenters. The van der Waals surface area contributed by atoms with Crippen molar-refractivity contribution in [3.8, 4) is 0 Å². The monoisotopic (exact) mass is 415 g/mol. The summed E-state index contributed by atoms with van der Waals surface area (Å²) < 4.78 is 31.7. The summed E-state index contributed by atoms with van der Waals surface area (Å²) in [5, 5.41) is 0. The van der Waals surface area contributed by atoms with E-state index >= 15 is 0 Å². The van der Waals surface area contributed by atoms with Crippen LogP contribution in [0, 0.1) is 11.6 Å². The molecular weight excluding hydrogens is 392 g/mol. The molecule has 2 aliphatic rings. The average molecular weight is 415 g/mol. The van der Waals surface area contributed by atoms with Crippen molar-refractivity contribution in [1.82, 2.24) is 14.7 Å². The number of imide groups is 1. The van der Waals surface area contributed by atoms with Crippen molar-refractivity contribution in [2.75, 3.05) is 45.9 Å². The maximum atomic E-state index is 13.4. The van der Waals surface area contributed by atoms with Crippen molar-refractivity contribution in [3.63, 3.8) is 0 Å². The topological polar surface area (TPSA) is 53.1 Å². The molecule has 0 N–H and O–H groups in total. The van der Waals surface area contributed by atoms with Crippen LogP contribution in [0.2, 0.25) is 0 Å². The molecule has 2 aromatic rings. The fourth-order valence-corrected chi connectivity index (χ4v) is 3.98. The summed E-state index contributed by atoms with van der Waals surface area (Å²) >= 11 is 0. The van der Waals surface area contributed by atoms with Gasteiger partial charge in [-0.15, -0.1) is 0 Å². The van der Waals surface area contributed by atoms with Crippen molar-refractivity contribution in [2.24, 2.45) is 0 Å². The maximum absolute atomic E-state index is 13.4. The third kappa shape index (κ3) is 4.49. The number of carbonyl (C=O) groups is 2. The zero-order chi connectivity index (χ0) is 21.1. The van der Waals surface area contributed by atoms with Crippen LogP contribution in [-0.4, -0.2) is 72.6 Å². The van der Waals surface area contributed by atoms with Crippen LogP contribution in [0.1, 0.15) is 17.2 Å². The van der Waals surface area contributed by atoms with Crippen LogP contribution in [0.4, 0.5) is 13.6 Å². The van der Waals surface area contributed by atoms with Crippen molar-refractivity contribution >= 4 is 12.0 Å². The van der Waals surface area contributed by atoms with E-state index < -0.39 is 6.09 Å². The number of ether oxygens (including phenoxy) is 1. The molecule has 30 heavy (non-hydrogen) atoms. The number of rotatable bonds is 5. The molecular formula is C22H23F2N3O3. The van der Waals surface area contributed by atoms with Gasteiger partial charge in [0.25, 0.3) is 0 Å². The SMILES string of the molecule is O=C(CN1CCN(C(c2ccc(F)cc2)c2ccc(F)cc2)CC1)N1CCOC1=O. The van der Waals surface area contributed by atoms with Crippen LogP contribution in [0.25, 0.3) is 0 Å². The van der Waals surface area contributed by atoms with Gasteiger partial charge in [0.2, 0.25) is 5.91 Å². The van der Waals surface area contributed by atoms with E-state index in [9.17, 15) is 18.4 Å². The van der Waals surface area contributed by atoms with E-state index in [0.717, 1.165) is 16.0 Å². The highest BCUT2D eigenvalue weighted by Crippen LogP contribution is 2.30. The van der Waals surface area contributed by atoms with Gasteiger partial charge in [0, 0.05) is 26.2 Å². The van der Waals surface area contributed by atoms with Gasteiger partial charge in [0.1, 0.15) is 18.2 Å². The lowest BCUT2D eigenvalue weighted by Crippen LogP contribution is -2.51. The van der Waals surface area contributed by atoms with Gasteiger partial charge in [0.15, 0.2) is 0 Å². The van der Waals surface area contributed by atoms with E-state index in [1.807, 2.05) is 4.90 Å². The van der Waals surface area contributed by atoms with Gasteiger partial charge in [-0.3, -0.25) is 14.6 Å². The summed E-state index contributed by atoms with van der Waals surface area (Å²) in [5.74, 6) is -0.861. The fourth-order valence-electron chi connectivity index (χ4n) is 3.98. The minimum absolute atomic E-state index is 0.141. The van der Waals surface area contributed by atoms with Crippen molar-refractivity contribution < 1.29 is 23.1 Å². The Hall–Kier alpha value is -2.84. The van der Waals surface area contributed by atoms with E-state index in [1.54, 1.807) is 24.3 Å². The first-order chi connectivity index (χ1) is 14.5. The number of carbonyl (C=O) groups excluding carboxylic acids is 2. The molecule has 0 saturated carbocycles. The molecule has 158 valence electrons. The van der Waals surface area contributed by atoms with Gasteiger partial charge in [-0.2, -0.15) is 0 Å².